The molecule has 148 valence electrons. The predicted octanol–water partition coefficient (Wildman–Crippen LogP) is 4.21. The third-order valence-electron chi connectivity index (χ3n) is 4.90. The van der Waals surface area contributed by atoms with Crippen LogP contribution in [0.3, 0.4) is 0 Å². The molecule has 3 rings (SSSR count). The number of hydrogen-bond donors (Lipinski definition) is 1. The quantitative estimate of drug-likeness (QED) is 0.808. The first-order valence-electron chi connectivity index (χ1n) is 9.05. The van der Waals surface area contributed by atoms with Gasteiger partial charge in [0.05, 0.1) is 16.8 Å². The lowest BCUT2D eigenvalue weighted by Crippen LogP contribution is -2.41. The Hall–Kier alpha value is -2.53. The van der Waals surface area contributed by atoms with Crippen LogP contribution in [0.25, 0.3) is 0 Å². The molecule has 1 N–H and O–H groups in total. The van der Waals surface area contributed by atoms with Crippen molar-refractivity contribution in [3.63, 3.8) is 0 Å². The van der Waals surface area contributed by atoms with Gasteiger partial charge in [0, 0.05) is 30.4 Å². The molecule has 1 saturated heterocycles. The summed E-state index contributed by atoms with van der Waals surface area (Å²) in [6.07, 6.45) is -2.45. The second-order valence-electron chi connectivity index (χ2n) is 6.72. The standard InChI is InChI=1S/C20H20F3N3OS/c21-20(22,23)16-3-4-18(15(12-16)13-24)26-9-6-14(7-10-26)19(27)25-8-5-17-2-1-11-28-17/h1-4,11-12,14H,5-10H2,(H,25,27). The number of halogens is 3. The highest BCUT2D eigenvalue weighted by atomic mass is 32.1. The van der Waals surface area contributed by atoms with Gasteiger partial charge >= 0.3 is 6.18 Å². The number of nitriles is 1. The van der Waals surface area contributed by atoms with Gasteiger partial charge < -0.3 is 10.2 Å². The summed E-state index contributed by atoms with van der Waals surface area (Å²) in [6, 6.07) is 9.11. The first-order chi connectivity index (χ1) is 13.4. The van der Waals surface area contributed by atoms with Gasteiger partial charge in [0.2, 0.25) is 5.91 Å². The van der Waals surface area contributed by atoms with E-state index in [2.05, 4.69) is 5.32 Å². The molecular formula is C20H20F3N3OS. The molecule has 2 heterocycles. The number of rotatable bonds is 5. The number of carbonyl (C=O) groups is 1. The number of amides is 1. The van der Waals surface area contributed by atoms with Crippen LogP contribution < -0.4 is 10.2 Å². The fraction of sp³-hybridized carbons (Fsp3) is 0.400. The Bertz CT molecular complexity index is 851. The summed E-state index contributed by atoms with van der Waals surface area (Å²) >= 11 is 1.66. The molecule has 28 heavy (non-hydrogen) atoms. The van der Waals surface area contributed by atoms with Crippen molar-refractivity contribution in [3.8, 4) is 6.07 Å². The van der Waals surface area contributed by atoms with Gasteiger partial charge in [-0.25, -0.2) is 0 Å². The van der Waals surface area contributed by atoms with E-state index in [4.69, 9.17) is 0 Å². The molecule has 4 nitrogen and oxygen atoms in total. The van der Waals surface area contributed by atoms with E-state index in [9.17, 15) is 23.2 Å². The van der Waals surface area contributed by atoms with Crippen molar-refractivity contribution < 1.29 is 18.0 Å². The van der Waals surface area contributed by atoms with Gasteiger partial charge in [0.1, 0.15) is 6.07 Å². The van der Waals surface area contributed by atoms with Crippen LogP contribution in [0, 0.1) is 17.2 Å². The van der Waals surface area contributed by atoms with Crippen LogP contribution in [0.4, 0.5) is 18.9 Å². The lowest BCUT2D eigenvalue weighted by atomic mass is 9.94. The maximum absolute atomic E-state index is 12.8. The molecule has 0 radical (unpaired) electrons. The molecule has 1 aromatic heterocycles. The molecule has 0 unspecified atom stereocenters. The maximum atomic E-state index is 12.8. The largest absolute Gasteiger partial charge is 0.416 e. The molecule has 0 atom stereocenters. The van der Waals surface area contributed by atoms with E-state index in [1.54, 1.807) is 11.3 Å². The first kappa shape index (κ1) is 20.2. The summed E-state index contributed by atoms with van der Waals surface area (Å²) in [5, 5.41) is 14.2. The number of nitrogens with zero attached hydrogens (tertiary/aromatic N) is 2. The van der Waals surface area contributed by atoms with Crippen LogP contribution >= 0.6 is 11.3 Å². The monoisotopic (exact) mass is 407 g/mol. The highest BCUT2D eigenvalue weighted by Crippen LogP contribution is 2.34. The number of alkyl halides is 3. The molecule has 0 saturated carbocycles. The number of nitrogens with one attached hydrogen (secondary N) is 1. The van der Waals surface area contributed by atoms with E-state index in [-0.39, 0.29) is 17.4 Å². The predicted molar refractivity (Wildman–Crippen MR) is 102 cm³/mol. The summed E-state index contributed by atoms with van der Waals surface area (Å²) in [6.45, 7) is 1.66. The van der Waals surface area contributed by atoms with Crippen molar-refractivity contribution in [1.29, 1.82) is 5.26 Å². The number of anilines is 1. The molecule has 1 fully saturated rings. The van der Waals surface area contributed by atoms with Gasteiger partial charge in [-0.05, 0) is 48.9 Å². The Balaban J connectivity index is 1.55. The van der Waals surface area contributed by atoms with Crippen molar-refractivity contribution in [2.75, 3.05) is 24.5 Å². The van der Waals surface area contributed by atoms with Gasteiger partial charge in [0.15, 0.2) is 0 Å². The number of hydrogen-bond acceptors (Lipinski definition) is 4. The summed E-state index contributed by atoms with van der Waals surface area (Å²) < 4.78 is 38.5. The van der Waals surface area contributed by atoms with Crippen molar-refractivity contribution in [2.45, 2.75) is 25.4 Å². The third kappa shape index (κ3) is 4.84. The minimum Gasteiger partial charge on any atom is -0.370 e. The minimum atomic E-state index is -4.47. The van der Waals surface area contributed by atoms with Crippen LogP contribution in [-0.4, -0.2) is 25.5 Å². The molecule has 2 aromatic rings. The Kier molecular flexibility index (Phi) is 6.25. The zero-order valence-corrected chi connectivity index (χ0v) is 15.9. The average molecular weight is 407 g/mol. The second kappa shape index (κ2) is 8.65. The summed E-state index contributed by atoms with van der Waals surface area (Å²) in [7, 11) is 0. The van der Waals surface area contributed by atoms with Crippen molar-refractivity contribution in [3.05, 3.63) is 51.7 Å². The van der Waals surface area contributed by atoms with Crippen LogP contribution in [0.2, 0.25) is 0 Å². The highest BCUT2D eigenvalue weighted by molar-refractivity contribution is 7.09. The summed E-state index contributed by atoms with van der Waals surface area (Å²) in [5.74, 6) is -0.0938. The average Bonchev–Trinajstić information content (AvgIpc) is 3.20. The Morgan fingerprint density at radius 1 is 1.29 bits per heavy atom. The van der Waals surface area contributed by atoms with E-state index in [0.29, 0.717) is 38.2 Å². The van der Waals surface area contributed by atoms with Gasteiger partial charge in [-0.1, -0.05) is 6.07 Å². The zero-order valence-electron chi connectivity index (χ0n) is 15.1. The lowest BCUT2D eigenvalue weighted by molar-refractivity contribution is -0.137. The van der Waals surface area contributed by atoms with Crippen molar-refractivity contribution in [1.82, 2.24) is 5.32 Å². The van der Waals surface area contributed by atoms with Crippen molar-refractivity contribution >= 4 is 22.9 Å². The topological polar surface area (TPSA) is 56.1 Å². The molecule has 8 heteroatoms. The fourth-order valence-corrected chi connectivity index (χ4v) is 4.08. The van der Waals surface area contributed by atoms with Crippen LogP contribution in [0.1, 0.15) is 28.8 Å². The van der Waals surface area contributed by atoms with E-state index in [0.717, 1.165) is 18.6 Å². The van der Waals surface area contributed by atoms with E-state index < -0.39 is 11.7 Å². The fourth-order valence-electron chi connectivity index (χ4n) is 3.37. The maximum Gasteiger partial charge on any atom is 0.416 e. The van der Waals surface area contributed by atoms with Crippen LogP contribution in [0.15, 0.2) is 35.7 Å². The normalized spacial score (nSPS) is 15.3. The van der Waals surface area contributed by atoms with Gasteiger partial charge in [-0.3, -0.25) is 4.79 Å². The number of thiophene rings is 1. The van der Waals surface area contributed by atoms with Crippen molar-refractivity contribution in [2.24, 2.45) is 5.92 Å². The molecule has 0 bridgehead atoms. The Morgan fingerprint density at radius 3 is 2.64 bits per heavy atom. The molecule has 0 aliphatic carbocycles. The summed E-state index contributed by atoms with van der Waals surface area (Å²) in [5.41, 5.74) is -0.325. The molecule has 1 aliphatic heterocycles. The molecule has 1 aliphatic rings. The van der Waals surface area contributed by atoms with E-state index in [1.807, 2.05) is 28.5 Å². The molecular weight excluding hydrogens is 387 g/mol. The Morgan fingerprint density at radius 2 is 2.04 bits per heavy atom. The molecule has 1 amide bonds. The van der Waals surface area contributed by atoms with E-state index >= 15 is 0 Å². The van der Waals surface area contributed by atoms with Crippen LogP contribution in [-0.2, 0) is 17.4 Å². The minimum absolute atomic E-state index is 0.00803. The smallest absolute Gasteiger partial charge is 0.370 e. The lowest BCUT2D eigenvalue weighted by Gasteiger charge is -2.33. The summed E-state index contributed by atoms with van der Waals surface area (Å²) in [4.78, 5) is 15.5. The van der Waals surface area contributed by atoms with Crippen LogP contribution in [0.5, 0.6) is 0 Å². The number of piperidine rings is 1. The highest BCUT2D eigenvalue weighted by Gasteiger charge is 2.32. The second-order valence-corrected chi connectivity index (χ2v) is 7.76. The number of carbonyl (C=O) groups excluding carboxylic acids is 1. The molecule has 1 aromatic carbocycles. The Labute approximate surface area is 165 Å². The SMILES string of the molecule is N#Cc1cc(C(F)(F)F)ccc1N1CCC(C(=O)NCCc2cccs2)CC1. The number of benzene rings is 1. The molecule has 0 spiro atoms. The van der Waals surface area contributed by atoms with Gasteiger partial charge in [-0.2, -0.15) is 18.4 Å². The zero-order chi connectivity index (χ0) is 20.1. The van der Waals surface area contributed by atoms with Gasteiger partial charge in [-0.15, -0.1) is 11.3 Å². The van der Waals surface area contributed by atoms with E-state index in [1.165, 1.54) is 10.9 Å². The first-order valence-corrected chi connectivity index (χ1v) is 9.93. The van der Waals surface area contributed by atoms with Gasteiger partial charge in [0.25, 0.3) is 0 Å². The third-order valence-corrected chi connectivity index (χ3v) is 5.84.